The van der Waals surface area contributed by atoms with Crippen LogP contribution < -0.4 is 14.2 Å². The second-order valence-corrected chi connectivity index (χ2v) is 10.2. The van der Waals surface area contributed by atoms with Crippen molar-refractivity contribution in [2.24, 2.45) is 0 Å². The van der Waals surface area contributed by atoms with E-state index < -0.39 is 18.1 Å². The van der Waals surface area contributed by atoms with E-state index in [1.54, 1.807) is 44.4 Å². The minimum Gasteiger partial charge on any atom is -0.497 e. The first-order chi connectivity index (χ1) is 18.1. The lowest BCUT2D eigenvalue weighted by molar-refractivity contribution is -0.139. The van der Waals surface area contributed by atoms with Crippen LogP contribution in [-0.2, 0) is 11.4 Å². The van der Waals surface area contributed by atoms with E-state index in [0.717, 1.165) is 21.6 Å². The first-order valence-corrected chi connectivity index (χ1v) is 12.8. The third-order valence-corrected chi connectivity index (χ3v) is 7.06. The number of carboxylic acids is 1. The molecular formula is C27H22F3NO5S2. The lowest BCUT2D eigenvalue weighted by Gasteiger charge is -2.09. The molecule has 0 fully saturated rings. The molecule has 38 heavy (non-hydrogen) atoms. The maximum atomic E-state index is 12.8. The number of thioether (sulfide) groups is 1. The number of halogens is 3. The summed E-state index contributed by atoms with van der Waals surface area (Å²) in [6, 6.07) is 18.6. The van der Waals surface area contributed by atoms with Crippen molar-refractivity contribution in [1.29, 1.82) is 0 Å². The molecule has 0 saturated heterocycles. The van der Waals surface area contributed by atoms with Crippen LogP contribution in [0.15, 0.2) is 71.6 Å². The zero-order chi connectivity index (χ0) is 27.3. The van der Waals surface area contributed by atoms with Crippen LogP contribution in [0.5, 0.6) is 17.2 Å². The van der Waals surface area contributed by atoms with Gasteiger partial charge in [0.1, 0.15) is 28.9 Å². The number of aryl methyl sites for hydroxylation is 1. The summed E-state index contributed by atoms with van der Waals surface area (Å²) in [7, 11) is 1.58. The highest BCUT2D eigenvalue weighted by molar-refractivity contribution is 8.00. The highest BCUT2D eigenvalue weighted by Gasteiger charge is 2.29. The number of alkyl halides is 3. The Labute approximate surface area is 225 Å². The van der Waals surface area contributed by atoms with E-state index in [4.69, 9.17) is 24.3 Å². The van der Waals surface area contributed by atoms with E-state index >= 15 is 0 Å². The van der Waals surface area contributed by atoms with Crippen molar-refractivity contribution in [1.82, 2.24) is 4.98 Å². The first kappa shape index (κ1) is 27.3. The van der Waals surface area contributed by atoms with E-state index in [2.05, 4.69) is 0 Å². The fraction of sp³-hybridized carbons (Fsp3) is 0.185. The number of carbonyl (C=O) groups is 1. The maximum Gasteiger partial charge on any atom is 0.446 e. The van der Waals surface area contributed by atoms with E-state index in [0.29, 0.717) is 28.0 Å². The van der Waals surface area contributed by atoms with E-state index in [1.165, 1.54) is 23.5 Å². The molecule has 0 aliphatic heterocycles. The third kappa shape index (κ3) is 7.20. The topological polar surface area (TPSA) is 77.9 Å². The average Bonchev–Trinajstić information content (AvgIpc) is 3.30. The fourth-order valence-electron chi connectivity index (χ4n) is 3.53. The highest BCUT2D eigenvalue weighted by Crippen LogP contribution is 2.41. The van der Waals surface area contributed by atoms with Gasteiger partial charge >= 0.3 is 11.5 Å². The number of aromatic nitrogens is 1. The minimum absolute atomic E-state index is 0.103. The first-order valence-electron chi connectivity index (χ1n) is 11.2. The molecule has 1 heterocycles. The fourth-order valence-corrected chi connectivity index (χ4v) is 5.08. The lowest BCUT2D eigenvalue weighted by Crippen LogP contribution is -2.10. The van der Waals surface area contributed by atoms with Crippen LogP contribution in [0.3, 0.4) is 0 Å². The lowest BCUT2D eigenvalue weighted by atomic mass is 10.1. The predicted molar refractivity (Wildman–Crippen MR) is 140 cm³/mol. The molecule has 0 bridgehead atoms. The Balaban J connectivity index is 1.59. The van der Waals surface area contributed by atoms with Crippen molar-refractivity contribution in [2.45, 2.75) is 23.9 Å². The van der Waals surface area contributed by atoms with Gasteiger partial charge in [-0.1, -0.05) is 12.1 Å². The summed E-state index contributed by atoms with van der Waals surface area (Å²) in [5.41, 5.74) is -1.39. The van der Waals surface area contributed by atoms with Crippen LogP contribution >= 0.6 is 23.1 Å². The van der Waals surface area contributed by atoms with Gasteiger partial charge in [-0.15, -0.1) is 11.3 Å². The van der Waals surface area contributed by atoms with Gasteiger partial charge in [0.15, 0.2) is 6.61 Å². The summed E-state index contributed by atoms with van der Waals surface area (Å²) in [5, 5.41) is 9.47. The molecule has 1 N–H and O–H groups in total. The summed E-state index contributed by atoms with van der Waals surface area (Å²) >= 11 is 1.23. The van der Waals surface area contributed by atoms with E-state index in [9.17, 15) is 18.0 Å². The van der Waals surface area contributed by atoms with Crippen LogP contribution in [0.25, 0.3) is 21.7 Å². The standard InChI is InChI=1S/C27H22F3NO5S2/c1-16-13-20(9-12-22(16)36-15-24(32)33)35-14-23-31-25(17-3-7-19(34-2)8-4-17)26(37-23)18-5-10-21(11-6-18)38-27(28,29)30/h3-13H,14-15H2,1-2H3,(H,32,33). The average molecular weight is 562 g/mol. The molecule has 0 atom stereocenters. The van der Waals surface area contributed by atoms with Crippen molar-refractivity contribution in [3.8, 4) is 38.9 Å². The Morgan fingerprint density at radius 2 is 1.63 bits per heavy atom. The van der Waals surface area contributed by atoms with Crippen LogP contribution in [-0.4, -0.2) is 35.3 Å². The summed E-state index contributed by atoms with van der Waals surface area (Å²) in [4.78, 5) is 16.4. The minimum atomic E-state index is -4.36. The van der Waals surface area contributed by atoms with Gasteiger partial charge in [0.25, 0.3) is 0 Å². The van der Waals surface area contributed by atoms with Gasteiger partial charge in [-0.05, 0) is 84.4 Å². The normalized spacial score (nSPS) is 11.3. The van der Waals surface area contributed by atoms with Crippen molar-refractivity contribution < 1.29 is 37.3 Å². The van der Waals surface area contributed by atoms with Gasteiger partial charge in [0.05, 0.1) is 17.7 Å². The third-order valence-electron chi connectivity index (χ3n) is 5.24. The quantitative estimate of drug-likeness (QED) is 0.202. The molecule has 198 valence electrons. The molecule has 6 nitrogen and oxygen atoms in total. The number of nitrogens with zero attached hydrogens (tertiary/aromatic N) is 1. The Bertz CT molecular complexity index is 1400. The number of rotatable bonds is 10. The summed E-state index contributed by atoms with van der Waals surface area (Å²) in [6.45, 7) is 1.51. The van der Waals surface area contributed by atoms with Gasteiger partial charge in [0, 0.05) is 10.5 Å². The number of methoxy groups -OCH3 is 1. The number of hydrogen-bond acceptors (Lipinski definition) is 7. The van der Waals surface area contributed by atoms with Gasteiger partial charge in [-0.2, -0.15) is 13.2 Å². The Morgan fingerprint density at radius 1 is 0.974 bits per heavy atom. The molecular weight excluding hydrogens is 539 g/mol. The number of carboxylic acid groups (broad SMARTS) is 1. The molecule has 0 aliphatic carbocycles. The van der Waals surface area contributed by atoms with Gasteiger partial charge < -0.3 is 19.3 Å². The Morgan fingerprint density at radius 3 is 2.24 bits per heavy atom. The van der Waals surface area contributed by atoms with E-state index in [1.807, 2.05) is 24.3 Å². The molecule has 0 spiro atoms. The molecule has 11 heteroatoms. The monoisotopic (exact) mass is 561 g/mol. The van der Waals surface area contributed by atoms with Crippen LogP contribution in [0, 0.1) is 6.92 Å². The van der Waals surface area contributed by atoms with Crippen molar-refractivity contribution in [3.63, 3.8) is 0 Å². The Kier molecular flexibility index (Phi) is 8.48. The van der Waals surface area contributed by atoms with Gasteiger partial charge in [-0.25, -0.2) is 9.78 Å². The zero-order valence-corrected chi connectivity index (χ0v) is 21.9. The Hall–Kier alpha value is -3.70. The molecule has 4 rings (SSSR count). The van der Waals surface area contributed by atoms with Crippen LogP contribution in [0.2, 0.25) is 0 Å². The number of benzene rings is 3. The highest BCUT2D eigenvalue weighted by atomic mass is 32.2. The predicted octanol–water partition coefficient (Wildman–Crippen LogP) is 7.45. The number of ether oxygens (including phenoxy) is 3. The maximum absolute atomic E-state index is 12.8. The summed E-state index contributed by atoms with van der Waals surface area (Å²) < 4.78 is 54.7. The SMILES string of the molecule is COc1ccc(-c2nc(COc3ccc(OCC(=O)O)c(C)c3)sc2-c2ccc(SC(F)(F)F)cc2)cc1. The van der Waals surface area contributed by atoms with Crippen molar-refractivity contribution in [2.75, 3.05) is 13.7 Å². The molecule has 0 amide bonds. The second-order valence-electron chi connectivity index (χ2n) is 7.98. The molecule has 0 aliphatic rings. The van der Waals surface area contributed by atoms with E-state index in [-0.39, 0.29) is 23.3 Å². The molecule has 0 radical (unpaired) electrons. The van der Waals surface area contributed by atoms with Crippen molar-refractivity contribution >= 4 is 29.1 Å². The molecule has 0 unspecified atom stereocenters. The second kappa shape index (κ2) is 11.8. The number of hydrogen-bond donors (Lipinski definition) is 1. The number of aliphatic carboxylic acids is 1. The smallest absolute Gasteiger partial charge is 0.446 e. The zero-order valence-electron chi connectivity index (χ0n) is 20.2. The van der Waals surface area contributed by atoms with Gasteiger partial charge in [-0.3, -0.25) is 0 Å². The molecule has 1 aromatic heterocycles. The van der Waals surface area contributed by atoms with Crippen molar-refractivity contribution in [3.05, 3.63) is 77.3 Å². The van der Waals surface area contributed by atoms with Gasteiger partial charge in [0.2, 0.25) is 0 Å². The van der Waals surface area contributed by atoms with Crippen LogP contribution in [0.1, 0.15) is 10.6 Å². The summed E-state index contributed by atoms with van der Waals surface area (Å²) in [6.07, 6.45) is 0. The van der Waals surface area contributed by atoms with Crippen LogP contribution in [0.4, 0.5) is 13.2 Å². The molecule has 3 aromatic carbocycles. The molecule has 0 saturated carbocycles. The number of thiazole rings is 1. The summed E-state index contributed by atoms with van der Waals surface area (Å²) in [5.74, 6) is 0.631. The molecule has 4 aromatic rings. The largest absolute Gasteiger partial charge is 0.497 e.